The summed E-state index contributed by atoms with van der Waals surface area (Å²) < 4.78 is 0. The highest BCUT2D eigenvalue weighted by Crippen LogP contribution is 2.15. The van der Waals surface area contributed by atoms with E-state index in [1.165, 1.54) is 79.7 Å². The Labute approximate surface area is 333 Å². The van der Waals surface area contributed by atoms with Crippen LogP contribution in [0.4, 0.5) is 0 Å². The summed E-state index contributed by atoms with van der Waals surface area (Å²) in [5, 5.41) is 71.6. The molecule has 18 heteroatoms. The number of benzene rings is 3. The van der Waals surface area contributed by atoms with Crippen molar-refractivity contribution in [2.75, 3.05) is 0 Å². The number of terminal acetylenes is 1. The lowest BCUT2D eigenvalue weighted by molar-refractivity contribution is -0.145. The van der Waals surface area contributed by atoms with Crippen LogP contribution in [0.1, 0.15) is 37.0 Å². The zero-order valence-corrected chi connectivity index (χ0v) is 31.7. The first-order valence-corrected chi connectivity index (χ1v) is 18.0. The molecule has 0 unspecified atom stereocenters. The smallest absolute Gasteiger partial charge is 0.328 e. The second-order valence-electron chi connectivity index (χ2n) is 13.6. The van der Waals surface area contributed by atoms with Crippen molar-refractivity contribution in [3.8, 4) is 29.6 Å². The van der Waals surface area contributed by atoms with Crippen LogP contribution in [-0.2, 0) is 48.0 Å². The first kappa shape index (κ1) is 45.7. The molecule has 0 heterocycles. The van der Waals surface area contributed by atoms with Crippen LogP contribution in [0, 0.1) is 12.3 Å². The van der Waals surface area contributed by atoms with Gasteiger partial charge in [0.25, 0.3) is 0 Å². The van der Waals surface area contributed by atoms with E-state index in [0.29, 0.717) is 16.7 Å². The third kappa shape index (κ3) is 14.1. The average molecular weight is 805 g/mol. The summed E-state index contributed by atoms with van der Waals surface area (Å²) in [4.78, 5) is 79.8. The van der Waals surface area contributed by atoms with Gasteiger partial charge in [-0.15, -0.1) is 12.3 Å². The first-order chi connectivity index (χ1) is 27.4. The number of hydrogen-bond acceptors (Lipinski definition) is 12. The van der Waals surface area contributed by atoms with Gasteiger partial charge in [-0.2, -0.15) is 0 Å². The minimum atomic E-state index is -1.76. The predicted octanol–water partition coefficient (Wildman–Crippen LogP) is -1.55. The number of hydrogen-bond donors (Lipinski definition) is 12. The number of aliphatic hydroxyl groups excluding tert-OH is 2. The minimum absolute atomic E-state index is 0.0573. The van der Waals surface area contributed by atoms with Gasteiger partial charge < -0.3 is 63.0 Å². The van der Waals surface area contributed by atoms with E-state index in [1.807, 2.05) is 0 Å². The molecule has 0 aliphatic heterocycles. The lowest BCUT2D eigenvalue weighted by Crippen LogP contribution is -2.62. The summed E-state index contributed by atoms with van der Waals surface area (Å²) in [6.45, 7) is 2.33. The average Bonchev–Trinajstić information content (AvgIpc) is 3.16. The number of aliphatic hydroxyl groups is 2. The molecule has 3 aromatic rings. The van der Waals surface area contributed by atoms with Crippen molar-refractivity contribution >= 4 is 35.5 Å². The number of carbonyl (C=O) groups is 6. The number of carbonyl (C=O) groups excluding carboxylic acids is 5. The van der Waals surface area contributed by atoms with Crippen molar-refractivity contribution in [1.29, 1.82) is 0 Å². The van der Waals surface area contributed by atoms with Crippen LogP contribution < -0.4 is 32.3 Å². The predicted molar refractivity (Wildman–Crippen MR) is 208 cm³/mol. The molecule has 5 amide bonds. The van der Waals surface area contributed by atoms with Gasteiger partial charge in [0.1, 0.15) is 41.4 Å². The van der Waals surface area contributed by atoms with Crippen LogP contribution in [0.25, 0.3) is 0 Å². The van der Waals surface area contributed by atoms with Crippen molar-refractivity contribution in [3.63, 3.8) is 0 Å². The Hall–Kier alpha value is -6.68. The Morgan fingerprint density at radius 3 is 1.19 bits per heavy atom. The van der Waals surface area contributed by atoms with Gasteiger partial charge in [-0.3, -0.25) is 24.0 Å². The van der Waals surface area contributed by atoms with Crippen LogP contribution in [0.15, 0.2) is 72.8 Å². The lowest BCUT2D eigenvalue weighted by atomic mass is 10.0. The van der Waals surface area contributed by atoms with E-state index < -0.39 is 84.0 Å². The number of carboxylic acid groups (broad SMARTS) is 1. The molecule has 0 saturated heterocycles. The third-order valence-corrected chi connectivity index (χ3v) is 8.81. The fourth-order valence-electron chi connectivity index (χ4n) is 5.56. The van der Waals surface area contributed by atoms with E-state index in [0.717, 1.165) is 6.92 Å². The Morgan fingerprint density at radius 1 is 0.552 bits per heavy atom. The number of aromatic hydroxyl groups is 3. The molecule has 0 spiro atoms. The second-order valence-corrected chi connectivity index (χ2v) is 13.6. The van der Waals surface area contributed by atoms with Crippen LogP contribution in [0.5, 0.6) is 17.2 Å². The molecule has 58 heavy (non-hydrogen) atoms. The Balaban J connectivity index is 1.94. The highest BCUT2D eigenvalue weighted by molar-refractivity contribution is 5.97. The fourth-order valence-corrected chi connectivity index (χ4v) is 5.56. The van der Waals surface area contributed by atoms with Crippen molar-refractivity contribution in [2.45, 2.75) is 88.0 Å². The van der Waals surface area contributed by atoms with Gasteiger partial charge in [0, 0.05) is 25.7 Å². The molecule has 0 aromatic heterocycles. The molecular weight excluding hydrogens is 756 g/mol. The maximum absolute atomic E-state index is 14.0. The molecular formula is C40H48N6O12. The topological polar surface area (TPSA) is 310 Å². The number of nitrogens with one attached hydrogen (secondary N) is 5. The van der Waals surface area contributed by atoms with Crippen LogP contribution in [0.3, 0.4) is 0 Å². The Morgan fingerprint density at radius 2 is 0.862 bits per heavy atom. The summed E-state index contributed by atoms with van der Waals surface area (Å²) in [6, 6.07) is 7.74. The molecule has 0 radical (unpaired) electrons. The Kier molecular flexibility index (Phi) is 17.0. The zero-order valence-electron chi connectivity index (χ0n) is 31.7. The molecule has 0 fully saturated rings. The number of nitrogens with two attached hydrogens (primary N) is 1. The molecule has 0 aliphatic rings. The fraction of sp³-hybridized carbons (Fsp3) is 0.350. The standard InChI is InChI=1S/C40H48N6O12/c1-4-5-29(41)35(52)42-31(19-24-8-14-27(50)15-9-24)37(54)45-33(21(2)47)39(56)44-30(18-23-6-12-26(49)13-7-23)36(53)43-32(20-25-10-16-28(51)17-11-25)38(55)46-34(22(3)48)40(57)58/h1,6-17,21-22,29-34,47-51H,5,18-20,41H2,2-3H3,(H,42,52)(H,43,53)(H,44,56)(H,45,54)(H,46,55)(H,57,58)/t21-,22-,29+,30+,31+,32+,33+,34+/m1/s1. The lowest BCUT2D eigenvalue weighted by Gasteiger charge is -2.28. The minimum Gasteiger partial charge on any atom is -0.508 e. The molecule has 8 atom stereocenters. The van der Waals surface area contributed by atoms with Crippen LogP contribution >= 0.6 is 0 Å². The molecule has 3 rings (SSSR count). The van der Waals surface area contributed by atoms with Gasteiger partial charge in [-0.1, -0.05) is 36.4 Å². The van der Waals surface area contributed by atoms with Crippen molar-refractivity contribution < 1.29 is 59.4 Å². The van der Waals surface area contributed by atoms with Gasteiger partial charge in [0.15, 0.2) is 6.04 Å². The number of aliphatic carboxylic acids is 1. The normalized spacial score (nSPS) is 15.0. The molecule has 310 valence electrons. The number of amides is 5. The number of rotatable bonds is 20. The highest BCUT2D eigenvalue weighted by Gasteiger charge is 2.35. The van der Waals surface area contributed by atoms with E-state index in [1.54, 1.807) is 0 Å². The summed E-state index contributed by atoms with van der Waals surface area (Å²) in [7, 11) is 0. The van der Waals surface area contributed by atoms with Crippen LogP contribution in [-0.4, -0.2) is 115 Å². The van der Waals surface area contributed by atoms with Gasteiger partial charge in [-0.25, -0.2) is 4.79 Å². The molecule has 0 bridgehead atoms. The van der Waals surface area contributed by atoms with Gasteiger partial charge >= 0.3 is 5.97 Å². The van der Waals surface area contributed by atoms with Crippen LogP contribution in [0.2, 0.25) is 0 Å². The maximum Gasteiger partial charge on any atom is 0.328 e. The van der Waals surface area contributed by atoms with Gasteiger partial charge in [0.2, 0.25) is 29.5 Å². The molecule has 0 aliphatic carbocycles. The third-order valence-electron chi connectivity index (χ3n) is 8.81. The van der Waals surface area contributed by atoms with E-state index in [4.69, 9.17) is 12.2 Å². The summed E-state index contributed by atoms with van der Waals surface area (Å²) in [6.07, 6.45) is 1.36. The monoisotopic (exact) mass is 804 g/mol. The Bertz CT molecular complexity index is 1930. The molecule has 18 nitrogen and oxygen atoms in total. The van der Waals surface area contributed by atoms with Crippen molar-refractivity contribution in [2.24, 2.45) is 5.73 Å². The maximum atomic E-state index is 14.0. The largest absolute Gasteiger partial charge is 0.508 e. The van der Waals surface area contributed by atoms with Gasteiger partial charge in [-0.05, 0) is 66.9 Å². The highest BCUT2D eigenvalue weighted by atomic mass is 16.4. The van der Waals surface area contributed by atoms with Crippen molar-refractivity contribution in [1.82, 2.24) is 26.6 Å². The van der Waals surface area contributed by atoms with Gasteiger partial charge in [0.05, 0.1) is 18.2 Å². The number of phenolic OH excluding ortho intramolecular Hbond substituents is 3. The van der Waals surface area contributed by atoms with E-state index in [-0.39, 0.29) is 42.9 Å². The molecule has 3 aromatic carbocycles. The number of carboxylic acids is 1. The second kappa shape index (κ2) is 21.6. The quantitative estimate of drug-likeness (QED) is 0.0577. The van der Waals surface area contributed by atoms with Crippen molar-refractivity contribution in [3.05, 3.63) is 89.5 Å². The van der Waals surface area contributed by atoms with E-state index >= 15 is 0 Å². The first-order valence-electron chi connectivity index (χ1n) is 18.0. The summed E-state index contributed by atoms with van der Waals surface area (Å²) in [5.41, 5.74) is 7.17. The summed E-state index contributed by atoms with van der Waals surface area (Å²) in [5.74, 6) is -4.32. The molecule has 13 N–H and O–H groups in total. The van der Waals surface area contributed by atoms with E-state index in [2.05, 4.69) is 32.5 Å². The zero-order chi connectivity index (χ0) is 43.1. The number of phenols is 3. The SMILES string of the molecule is C#CC[C@H](N)C(=O)N[C@@H](Cc1ccc(O)cc1)C(=O)N[C@H](C(=O)N[C@@H](Cc1ccc(O)cc1)C(=O)N[C@@H](Cc1ccc(O)cc1)C(=O)N[C@H](C(=O)O)[C@@H](C)O)[C@@H](C)O. The summed E-state index contributed by atoms with van der Waals surface area (Å²) >= 11 is 0. The molecule has 0 saturated carbocycles. The van der Waals surface area contributed by atoms with E-state index in [9.17, 15) is 59.4 Å².